The summed E-state index contributed by atoms with van der Waals surface area (Å²) in [5, 5.41) is 0. The van der Waals surface area contributed by atoms with Gasteiger partial charge in [-0.1, -0.05) is 12.8 Å². The minimum Gasteiger partial charge on any atom is -0.399 e. The molecule has 1 aromatic carbocycles. The van der Waals surface area contributed by atoms with Crippen LogP contribution in [0.15, 0.2) is 18.2 Å². The van der Waals surface area contributed by atoms with E-state index in [1.54, 1.807) is 12.1 Å². The van der Waals surface area contributed by atoms with Gasteiger partial charge in [0, 0.05) is 18.8 Å². The van der Waals surface area contributed by atoms with Crippen LogP contribution in [0.5, 0.6) is 0 Å². The Bertz CT molecular complexity index is 345. The molecule has 1 fully saturated rings. The largest absolute Gasteiger partial charge is 0.399 e. The van der Waals surface area contributed by atoms with Crippen molar-refractivity contribution in [2.24, 2.45) is 0 Å². The SMILES string of the molecule is CN(c1ccc(N)cc1F)C1CCCC1. The van der Waals surface area contributed by atoms with Gasteiger partial charge in [0.05, 0.1) is 5.69 Å². The highest BCUT2D eigenvalue weighted by Gasteiger charge is 2.21. The minimum atomic E-state index is -0.218. The van der Waals surface area contributed by atoms with E-state index in [4.69, 9.17) is 5.73 Å². The Morgan fingerprint density at radius 2 is 2.00 bits per heavy atom. The molecule has 0 radical (unpaired) electrons. The van der Waals surface area contributed by atoms with E-state index in [2.05, 4.69) is 0 Å². The van der Waals surface area contributed by atoms with E-state index in [0.717, 1.165) is 0 Å². The summed E-state index contributed by atoms with van der Waals surface area (Å²) >= 11 is 0. The molecule has 3 heteroatoms. The van der Waals surface area contributed by atoms with Crippen LogP contribution in [0, 0.1) is 5.82 Å². The average Bonchev–Trinajstić information content (AvgIpc) is 2.69. The number of benzene rings is 1. The van der Waals surface area contributed by atoms with E-state index in [1.165, 1.54) is 31.7 Å². The number of nitrogen functional groups attached to an aromatic ring is 1. The molecule has 0 saturated heterocycles. The second kappa shape index (κ2) is 4.09. The molecular weight excluding hydrogens is 191 g/mol. The number of nitrogens with two attached hydrogens (primary N) is 1. The number of anilines is 2. The van der Waals surface area contributed by atoms with Gasteiger partial charge in [-0.05, 0) is 31.0 Å². The van der Waals surface area contributed by atoms with Crippen LogP contribution in [0.1, 0.15) is 25.7 Å². The van der Waals surface area contributed by atoms with Crippen LogP contribution >= 0.6 is 0 Å². The third kappa shape index (κ3) is 2.06. The van der Waals surface area contributed by atoms with Crippen LogP contribution in [0.2, 0.25) is 0 Å². The second-order valence-corrected chi connectivity index (χ2v) is 4.26. The molecule has 0 aromatic heterocycles. The monoisotopic (exact) mass is 208 g/mol. The maximum atomic E-state index is 13.6. The van der Waals surface area contributed by atoms with Crippen molar-refractivity contribution in [2.75, 3.05) is 17.7 Å². The van der Waals surface area contributed by atoms with E-state index in [-0.39, 0.29) is 5.82 Å². The lowest BCUT2D eigenvalue weighted by Crippen LogP contribution is -2.29. The van der Waals surface area contributed by atoms with E-state index >= 15 is 0 Å². The minimum absolute atomic E-state index is 0.218. The van der Waals surface area contributed by atoms with Gasteiger partial charge in [0.1, 0.15) is 5.82 Å². The number of hydrogen-bond donors (Lipinski definition) is 1. The lowest BCUT2D eigenvalue weighted by Gasteiger charge is -2.26. The van der Waals surface area contributed by atoms with Crippen molar-refractivity contribution >= 4 is 11.4 Å². The van der Waals surface area contributed by atoms with Gasteiger partial charge >= 0.3 is 0 Å². The Morgan fingerprint density at radius 3 is 2.60 bits per heavy atom. The topological polar surface area (TPSA) is 29.3 Å². The van der Waals surface area contributed by atoms with Crippen molar-refractivity contribution < 1.29 is 4.39 Å². The van der Waals surface area contributed by atoms with Gasteiger partial charge < -0.3 is 10.6 Å². The fraction of sp³-hybridized carbons (Fsp3) is 0.500. The smallest absolute Gasteiger partial charge is 0.148 e. The zero-order valence-electron chi connectivity index (χ0n) is 9.04. The average molecular weight is 208 g/mol. The summed E-state index contributed by atoms with van der Waals surface area (Å²) in [7, 11) is 1.96. The van der Waals surface area contributed by atoms with Crippen molar-refractivity contribution in [1.82, 2.24) is 0 Å². The van der Waals surface area contributed by atoms with Crippen molar-refractivity contribution in [1.29, 1.82) is 0 Å². The normalized spacial score (nSPS) is 16.9. The van der Waals surface area contributed by atoms with Crippen LogP contribution in [0.3, 0.4) is 0 Å². The Labute approximate surface area is 89.9 Å². The highest BCUT2D eigenvalue weighted by molar-refractivity contribution is 5.54. The van der Waals surface area contributed by atoms with Gasteiger partial charge in [-0.15, -0.1) is 0 Å². The van der Waals surface area contributed by atoms with Crippen LogP contribution in [-0.2, 0) is 0 Å². The van der Waals surface area contributed by atoms with Crippen molar-refractivity contribution in [3.05, 3.63) is 24.0 Å². The van der Waals surface area contributed by atoms with Crippen molar-refractivity contribution in [3.63, 3.8) is 0 Å². The Morgan fingerprint density at radius 1 is 1.33 bits per heavy atom. The molecule has 2 nitrogen and oxygen atoms in total. The van der Waals surface area contributed by atoms with E-state index in [1.807, 2.05) is 11.9 Å². The summed E-state index contributed by atoms with van der Waals surface area (Å²) in [5.41, 5.74) is 6.67. The van der Waals surface area contributed by atoms with Gasteiger partial charge in [0.2, 0.25) is 0 Å². The molecule has 0 bridgehead atoms. The maximum Gasteiger partial charge on any atom is 0.148 e. The molecule has 1 aliphatic carbocycles. The third-order valence-corrected chi connectivity index (χ3v) is 3.22. The lowest BCUT2D eigenvalue weighted by atomic mass is 10.2. The van der Waals surface area contributed by atoms with Crippen LogP contribution < -0.4 is 10.6 Å². The zero-order valence-corrected chi connectivity index (χ0v) is 9.04. The zero-order chi connectivity index (χ0) is 10.8. The molecule has 0 unspecified atom stereocenters. The quantitative estimate of drug-likeness (QED) is 0.757. The van der Waals surface area contributed by atoms with Crippen molar-refractivity contribution in [2.45, 2.75) is 31.7 Å². The molecule has 2 rings (SSSR count). The maximum absolute atomic E-state index is 13.6. The lowest BCUT2D eigenvalue weighted by molar-refractivity contribution is 0.596. The summed E-state index contributed by atoms with van der Waals surface area (Å²) in [4.78, 5) is 2.04. The standard InChI is InChI=1S/C12H17FN2/c1-15(10-4-2-3-5-10)12-7-6-9(14)8-11(12)13/h6-8,10H,2-5,14H2,1H3. The van der Waals surface area contributed by atoms with Gasteiger partial charge in [-0.2, -0.15) is 0 Å². The molecule has 0 atom stereocenters. The first-order chi connectivity index (χ1) is 7.18. The molecule has 15 heavy (non-hydrogen) atoms. The highest BCUT2D eigenvalue weighted by atomic mass is 19.1. The first-order valence-electron chi connectivity index (χ1n) is 5.46. The molecule has 0 aliphatic heterocycles. The summed E-state index contributed by atoms with van der Waals surface area (Å²) in [6.45, 7) is 0. The van der Waals surface area contributed by atoms with Gasteiger partial charge in [-0.25, -0.2) is 4.39 Å². The van der Waals surface area contributed by atoms with E-state index in [0.29, 0.717) is 17.4 Å². The van der Waals surface area contributed by atoms with Crippen molar-refractivity contribution in [3.8, 4) is 0 Å². The number of halogens is 1. The molecule has 0 amide bonds. The molecular formula is C12H17FN2. The fourth-order valence-corrected chi connectivity index (χ4v) is 2.30. The van der Waals surface area contributed by atoms with Crippen LogP contribution in [0.25, 0.3) is 0 Å². The number of rotatable bonds is 2. The second-order valence-electron chi connectivity index (χ2n) is 4.26. The Hall–Kier alpha value is -1.25. The summed E-state index contributed by atoms with van der Waals surface area (Å²) in [5.74, 6) is -0.218. The molecule has 1 saturated carbocycles. The van der Waals surface area contributed by atoms with Gasteiger partial charge in [0.15, 0.2) is 0 Å². The first-order valence-corrected chi connectivity index (χ1v) is 5.46. The molecule has 0 spiro atoms. The van der Waals surface area contributed by atoms with Crippen LogP contribution in [-0.4, -0.2) is 13.1 Å². The molecule has 2 N–H and O–H groups in total. The predicted octanol–water partition coefficient (Wildman–Crippen LogP) is 2.79. The predicted molar refractivity (Wildman–Crippen MR) is 61.5 cm³/mol. The Balaban J connectivity index is 2.20. The third-order valence-electron chi connectivity index (χ3n) is 3.22. The summed E-state index contributed by atoms with van der Waals surface area (Å²) in [6.07, 6.45) is 4.85. The molecule has 82 valence electrons. The van der Waals surface area contributed by atoms with Gasteiger partial charge in [-0.3, -0.25) is 0 Å². The fourth-order valence-electron chi connectivity index (χ4n) is 2.30. The van der Waals surface area contributed by atoms with E-state index in [9.17, 15) is 4.39 Å². The number of hydrogen-bond acceptors (Lipinski definition) is 2. The highest BCUT2D eigenvalue weighted by Crippen LogP contribution is 2.29. The van der Waals surface area contributed by atoms with Gasteiger partial charge in [0.25, 0.3) is 0 Å². The molecule has 0 heterocycles. The summed E-state index contributed by atoms with van der Waals surface area (Å²) < 4.78 is 13.6. The van der Waals surface area contributed by atoms with E-state index < -0.39 is 0 Å². The number of nitrogens with zero attached hydrogens (tertiary/aromatic N) is 1. The summed E-state index contributed by atoms with van der Waals surface area (Å²) in [6, 6.07) is 5.40. The van der Waals surface area contributed by atoms with Crippen LogP contribution in [0.4, 0.5) is 15.8 Å². The molecule has 1 aromatic rings. The molecule has 1 aliphatic rings. The first kappa shape index (κ1) is 10.3. The Kier molecular flexibility index (Phi) is 2.80.